The van der Waals surface area contributed by atoms with Gasteiger partial charge >= 0.3 is 6.03 Å². The standard InChI is InChI=1S/C27H23ClN4O2/c1-16-7-11-19(12-8-16)24-23(26-30-25(31-34-26)20-13-9-17(2)10-14-20)18(3)32(27(33)29-24)22-6-4-5-21(28)15-22/h4-15,24H,1-3H3,(H,29,33). The summed E-state index contributed by atoms with van der Waals surface area (Å²) < 4.78 is 5.75. The summed E-state index contributed by atoms with van der Waals surface area (Å²) in [5.74, 6) is 0.842. The lowest BCUT2D eigenvalue weighted by Crippen LogP contribution is -2.46. The van der Waals surface area contributed by atoms with Crippen molar-refractivity contribution in [3.8, 4) is 11.4 Å². The molecule has 5 rings (SSSR count). The number of rotatable bonds is 4. The summed E-state index contributed by atoms with van der Waals surface area (Å²) >= 11 is 6.22. The van der Waals surface area contributed by atoms with Gasteiger partial charge in [-0.1, -0.05) is 82.5 Å². The van der Waals surface area contributed by atoms with Crippen molar-refractivity contribution in [2.45, 2.75) is 26.8 Å². The molecule has 7 heteroatoms. The molecule has 0 radical (unpaired) electrons. The van der Waals surface area contributed by atoms with E-state index < -0.39 is 6.04 Å². The first kappa shape index (κ1) is 21.9. The molecule has 34 heavy (non-hydrogen) atoms. The quantitative estimate of drug-likeness (QED) is 0.360. The Balaban J connectivity index is 1.65. The number of allylic oxidation sites excluding steroid dienone is 1. The van der Waals surface area contributed by atoms with Crippen LogP contribution in [-0.4, -0.2) is 16.2 Å². The van der Waals surface area contributed by atoms with Crippen LogP contribution < -0.4 is 10.2 Å². The topological polar surface area (TPSA) is 71.3 Å². The number of benzene rings is 3. The zero-order valence-corrected chi connectivity index (χ0v) is 19.8. The average Bonchev–Trinajstić information content (AvgIpc) is 3.29. The van der Waals surface area contributed by atoms with E-state index in [9.17, 15) is 4.79 Å². The van der Waals surface area contributed by atoms with Crippen LogP contribution in [0, 0.1) is 13.8 Å². The number of hydrogen-bond donors (Lipinski definition) is 1. The fraction of sp³-hybridized carbons (Fsp3) is 0.148. The van der Waals surface area contributed by atoms with Gasteiger partial charge in [-0.3, -0.25) is 4.90 Å². The van der Waals surface area contributed by atoms with Crippen LogP contribution in [0.2, 0.25) is 5.02 Å². The van der Waals surface area contributed by atoms with Gasteiger partial charge in [0, 0.05) is 16.3 Å². The highest BCUT2D eigenvalue weighted by atomic mass is 35.5. The summed E-state index contributed by atoms with van der Waals surface area (Å²) in [5.41, 5.74) is 6.14. The van der Waals surface area contributed by atoms with Crippen LogP contribution in [-0.2, 0) is 0 Å². The molecule has 1 aliphatic rings. The first-order valence-electron chi connectivity index (χ1n) is 11.0. The summed E-state index contributed by atoms with van der Waals surface area (Å²) in [5, 5.41) is 7.88. The summed E-state index contributed by atoms with van der Waals surface area (Å²) in [7, 11) is 0. The van der Waals surface area contributed by atoms with Gasteiger partial charge < -0.3 is 9.84 Å². The molecule has 1 atom stereocenters. The number of hydrogen-bond acceptors (Lipinski definition) is 4. The van der Waals surface area contributed by atoms with E-state index in [1.807, 2.05) is 81.4 Å². The van der Waals surface area contributed by atoms with Gasteiger partial charge in [0.05, 0.1) is 17.3 Å². The van der Waals surface area contributed by atoms with E-state index in [-0.39, 0.29) is 6.03 Å². The Morgan fingerprint density at radius 2 is 1.62 bits per heavy atom. The monoisotopic (exact) mass is 470 g/mol. The molecule has 1 aliphatic heterocycles. The molecule has 6 nitrogen and oxygen atoms in total. The average molecular weight is 471 g/mol. The van der Waals surface area contributed by atoms with Crippen LogP contribution in [0.4, 0.5) is 10.5 Å². The first-order chi connectivity index (χ1) is 16.4. The van der Waals surface area contributed by atoms with E-state index in [2.05, 4.69) is 10.5 Å². The lowest BCUT2D eigenvalue weighted by Gasteiger charge is -2.35. The molecule has 1 unspecified atom stereocenters. The Kier molecular flexibility index (Phi) is 5.67. The highest BCUT2D eigenvalue weighted by Crippen LogP contribution is 2.39. The van der Waals surface area contributed by atoms with Crippen molar-refractivity contribution in [3.63, 3.8) is 0 Å². The fourth-order valence-corrected chi connectivity index (χ4v) is 4.29. The maximum Gasteiger partial charge on any atom is 0.326 e. The van der Waals surface area contributed by atoms with E-state index in [4.69, 9.17) is 21.1 Å². The van der Waals surface area contributed by atoms with E-state index in [1.54, 1.807) is 17.0 Å². The maximum atomic E-state index is 13.3. The molecular formula is C27H23ClN4O2. The third-order valence-electron chi connectivity index (χ3n) is 5.93. The molecule has 0 saturated carbocycles. The Morgan fingerprint density at radius 1 is 0.941 bits per heavy atom. The summed E-state index contributed by atoms with van der Waals surface area (Å²) in [6, 6.07) is 22.4. The van der Waals surface area contributed by atoms with Crippen LogP contribution in [0.5, 0.6) is 0 Å². The molecule has 1 aromatic heterocycles. The lowest BCUT2D eigenvalue weighted by molar-refractivity contribution is 0.244. The second-order valence-corrected chi connectivity index (χ2v) is 8.83. The Labute approximate surface area is 202 Å². The van der Waals surface area contributed by atoms with Crippen molar-refractivity contribution in [1.82, 2.24) is 15.5 Å². The number of amides is 2. The highest BCUT2D eigenvalue weighted by molar-refractivity contribution is 6.31. The number of halogens is 1. The van der Waals surface area contributed by atoms with E-state index >= 15 is 0 Å². The largest absolute Gasteiger partial charge is 0.334 e. The molecule has 0 bridgehead atoms. The molecule has 3 aromatic carbocycles. The van der Waals surface area contributed by atoms with Gasteiger partial charge in [-0.2, -0.15) is 4.98 Å². The minimum absolute atomic E-state index is 0.257. The van der Waals surface area contributed by atoms with Gasteiger partial charge in [0.1, 0.15) is 0 Å². The van der Waals surface area contributed by atoms with E-state index in [1.165, 1.54) is 0 Å². The lowest BCUT2D eigenvalue weighted by atomic mass is 9.94. The molecule has 0 aliphatic carbocycles. The van der Waals surface area contributed by atoms with Gasteiger partial charge in [0.2, 0.25) is 5.82 Å². The Bertz CT molecular complexity index is 1390. The highest BCUT2D eigenvalue weighted by Gasteiger charge is 2.36. The van der Waals surface area contributed by atoms with Crippen molar-refractivity contribution >= 4 is 28.9 Å². The minimum Gasteiger partial charge on any atom is -0.334 e. The molecule has 4 aromatic rings. The van der Waals surface area contributed by atoms with Crippen molar-refractivity contribution in [1.29, 1.82) is 0 Å². The maximum absolute atomic E-state index is 13.3. The van der Waals surface area contributed by atoms with Crippen LogP contribution in [0.15, 0.2) is 83.0 Å². The number of nitrogens with one attached hydrogen (secondary N) is 1. The predicted molar refractivity (Wildman–Crippen MR) is 133 cm³/mol. The predicted octanol–water partition coefficient (Wildman–Crippen LogP) is 6.71. The molecule has 2 heterocycles. The van der Waals surface area contributed by atoms with Crippen LogP contribution in [0.1, 0.15) is 35.5 Å². The molecule has 170 valence electrons. The van der Waals surface area contributed by atoms with Crippen LogP contribution >= 0.6 is 11.6 Å². The number of anilines is 1. The zero-order chi connectivity index (χ0) is 23.8. The fourth-order valence-electron chi connectivity index (χ4n) is 4.11. The van der Waals surface area contributed by atoms with Crippen molar-refractivity contribution in [2.24, 2.45) is 0 Å². The SMILES string of the molecule is CC1=C(c2nc(-c3ccc(C)cc3)no2)C(c2ccc(C)cc2)NC(=O)N1c1cccc(Cl)c1. The van der Waals surface area contributed by atoms with Crippen LogP contribution in [0.3, 0.4) is 0 Å². The number of carbonyl (C=O) groups is 1. The van der Waals surface area contributed by atoms with Crippen LogP contribution in [0.25, 0.3) is 17.0 Å². The zero-order valence-electron chi connectivity index (χ0n) is 19.0. The number of aryl methyl sites for hydroxylation is 2. The Morgan fingerprint density at radius 3 is 2.29 bits per heavy atom. The Hall–Kier alpha value is -3.90. The third kappa shape index (κ3) is 4.08. The van der Waals surface area contributed by atoms with Gasteiger partial charge in [-0.15, -0.1) is 0 Å². The second kappa shape index (κ2) is 8.80. The second-order valence-electron chi connectivity index (χ2n) is 8.40. The van der Waals surface area contributed by atoms with Gasteiger partial charge in [-0.25, -0.2) is 4.79 Å². The summed E-state index contributed by atoms with van der Waals surface area (Å²) in [6.07, 6.45) is 0. The third-order valence-corrected chi connectivity index (χ3v) is 6.16. The number of carbonyl (C=O) groups excluding carboxylic acids is 1. The minimum atomic E-state index is -0.449. The number of nitrogens with zero attached hydrogens (tertiary/aromatic N) is 3. The summed E-state index contributed by atoms with van der Waals surface area (Å²) in [4.78, 5) is 19.6. The number of urea groups is 1. The molecule has 2 amide bonds. The molecular weight excluding hydrogens is 448 g/mol. The van der Waals surface area contributed by atoms with Gasteiger partial charge in [0.25, 0.3) is 5.89 Å². The molecule has 0 saturated heterocycles. The molecule has 1 N–H and O–H groups in total. The van der Waals surface area contributed by atoms with Gasteiger partial charge in [-0.05, 0) is 44.5 Å². The van der Waals surface area contributed by atoms with E-state index in [0.717, 1.165) is 27.8 Å². The smallest absolute Gasteiger partial charge is 0.326 e. The van der Waals surface area contributed by atoms with Crippen molar-refractivity contribution < 1.29 is 9.32 Å². The van der Waals surface area contributed by atoms with E-state index in [0.29, 0.717) is 28.1 Å². The molecule has 0 fully saturated rings. The summed E-state index contributed by atoms with van der Waals surface area (Å²) in [6.45, 7) is 5.94. The normalized spacial score (nSPS) is 16.1. The van der Waals surface area contributed by atoms with Crippen molar-refractivity contribution in [3.05, 3.63) is 106 Å². The first-order valence-corrected chi connectivity index (χ1v) is 11.3. The number of aromatic nitrogens is 2. The van der Waals surface area contributed by atoms with Crippen molar-refractivity contribution in [2.75, 3.05) is 4.90 Å². The molecule has 0 spiro atoms. The van der Waals surface area contributed by atoms with Gasteiger partial charge in [0.15, 0.2) is 0 Å².